The van der Waals surface area contributed by atoms with Gasteiger partial charge >= 0.3 is 0 Å². The first-order chi connectivity index (χ1) is 5.36. The molecule has 1 saturated carbocycles. The van der Waals surface area contributed by atoms with Gasteiger partial charge in [-0.15, -0.1) is 24.8 Å². The Balaban J connectivity index is 0.000000720. The maximum Gasteiger partial charge on any atom is 0.0570 e. The fourth-order valence-corrected chi connectivity index (χ4v) is 1.90. The highest BCUT2D eigenvalue weighted by atomic mass is 35.5. The normalized spacial score (nSPS) is 33.9. The summed E-state index contributed by atoms with van der Waals surface area (Å²) in [6.07, 6.45) is 2.00. The van der Waals surface area contributed by atoms with Gasteiger partial charge in [0, 0.05) is 32.2 Å². The third-order valence-electron chi connectivity index (χ3n) is 2.76. The van der Waals surface area contributed by atoms with Crippen LogP contribution < -0.4 is 5.32 Å². The van der Waals surface area contributed by atoms with Crippen molar-refractivity contribution in [2.24, 2.45) is 0 Å². The second-order valence-electron chi connectivity index (χ2n) is 3.57. The van der Waals surface area contributed by atoms with Gasteiger partial charge in [-0.2, -0.15) is 0 Å². The molecule has 0 radical (unpaired) electrons. The maximum atomic E-state index is 9.11. The molecule has 1 aliphatic carbocycles. The average Bonchev–Trinajstić information content (AvgIpc) is 2.01. The zero-order chi connectivity index (χ0) is 7.68. The molecule has 0 aromatic heterocycles. The zero-order valence-corrected chi connectivity index (χ0v) is 9.24. The van der Waals surface area contributed by atoms with Gasteiger partial charge in [-0.1, -0.05) is 0 Å². The molecule has 0 aromatic rings. The van der Waals surface area contributed by atoms with E-state index in [-0.39, 0.29) is 30.9 Å². The van der Waals surface area contributed by atoms with Crippen molar-refractivity contribution in [3.63, 3.8) is 0 Å². The summed E-state index contributed by atoms with van der Waals surface area (Å²) in [5, 5.41) is 12.4. The number of aliphatic hydroxyl groups is 1. The molecule has 80 valence electrons. The van der Waals surface area contributed by atoms with E-state index in [9.17, 15) is 0 Å². The first-order valence-corrected chi connectivity index (χ1v) is 4.49. The number of nitrogens with zero attached hydrogens (tertiary/aromatic N) is 1. The molecule has 2 rings (SSSR count). The van der Waals surface area contributed by atoms with Gasteiger partial charge < -0.3 is 10.4 Å². The lowest BCUT2D eigenvalue weighted by Gasteiger charge is -2.42. The van der Waals surface area contributed by atoms with E-state index in [4.69, 9.17) is 5.11 Å². The van der Waals surface area contributed by atoms with Crippen molar-refractivity contribution < 1.29 is 5.11 Å². The summed E-state index contributed by atoms with van der Waals surface area (Å²) in [5.74, 6) is 0. The predicted octanol–water partition coefficient (Wildman–Crippen LogP) is 0.259. The second-order valence-corrected chi connectivity index (χ2v) is 3.57. The zero-order valence-electron chi connectivity index (χ0n) is 7.61. The van der Waals surface area contributed by atoms with Crippen molar-refractivity contribution in [1.82, 2.24) is 10.2 Å². The summed E-state index contributed by atoms with van der Waals surface area (Å²) in [4.78, 5) is 2.49. The molecule has 0 aromatic carbocycles. The SMILES string of the molecule is Cl.Cl.OC1CC(N2CCNCC2)C1. The minimum Gasteiger partial charge on any atom is -0.393 e. The molecular weight excluding hydrogens is 211 g/mol. The highest BCUT2D eigenvalue weighted by Crippen LogP contribution is 2.25. The topological polar surface area (TPSA) is 35.5 Å². The van der Waals surface area contributed by atoms with Gasteiger partial charge in [-0.25, -0.2) is 0 Å². The average molecular weight is 229 g/mol. The Hall–Kier alpha value is 0.460. The smallest absolute Gasteiger partial charge is 0.0570 e. The standard InChI is InChI=1S/C8H16N2O.2ClH/c11-8-5-7(6-8)10-3-1-9-2-4-10;;/h7-9,11H,1-6H2;2*1H. The molecule has 0 bridgehead atoms. The molecule has 0 unspecified atom stereocenters. The van der Waals surface area contributed by atoms with Crippen LogP contribution in [0.2, 0.25) is 0 Å². The van der Waals surface area contributed by atoms with Crippen molar-refractivity contribution >= 4 is 24.8 Å². The van der Waals surface area contributed by atoms with Crippen molar-refractivity contribution in [3.05, 3.63) is 0 Å². The van der Waals surface area contributed by atoms with E-state index in [2.05, 4.69) is 10.2 Å². The number of halogens is 2. The molecule has 0 atom stereocenters. The van der Waals surface area contributed by atoms with Crippen LogP contribution >= 0.6 is 24.8 Å². The lowest BCUT2D eigenvalue weighted by Crippen LogP contribution is -2.54. The van der Waals surface area contributed by atoms with E-state index in [1.807, 2.05) is 0 Å². The molecule has 2 N–H and O–H groups in total. The van der Waals surface area contributed by atoms with Crippen LogP contribution in [0, 0.1) is 0 Å². The van der Waals surface area contributed by atoms with Crippen LogP contribution in [0.25, 0.3) is 0 Å². The number of nitrogens with one attached hydrogen (secondary N) is 1. The summed E-state index contributed by atoms with van der Waals surface area (Å²) in [6.45, 7) is 4.56. The van der Waals surface area contributed by atoms with Gasteiger partial charge in [0.1, 0.15) is 0 Å². The molecule has 1 aliphatic heterocycles. The number of aliphatic hydroxyl groups excluding tert-OH is 1. The van der Waals surface area contributed by atoms with E-state index in [0.29, 0.717) is 6.04 Å². The minimum atomic E-state index is -0.00474. The van der Waals surface area contributed by atoms with Crippen LogP contribution in [-0.2, 0) is 0 Å². The lowest BCUT2D eigenvalue weighted by molar-refractivity contribution is -0.00272. The molecule has 1 heterocycles. The van der Waals surface area contributed by atoms with Gasteiger partial charge in [0.2, 0.25) is 0 Å². The minimum absolute atomic E-state index is 0. The van der Waals surface area contributed by atoms with Crippen LogP contribution in [-0.4, -0.2) is 48.3 Å². The first kappa shape index (κ1) is 13.5. The van der Waals surface area contributed by atoms with Gasteiger partial charge in [-0.05, 0) is 12.8 Å². The van der Waals surface area contributed by atoms with Crippen LogP contribution in [0.3, 0.4) is 0 Å². The van der Waals surface area contributed by atoms with Crippen LogP contribution in [0.15, 0.2) is 0 Å². The Morgan fingerprint density at radius 3 is 2.08 bits per heavy atom. The van der Waals surface area contributed by atoms with Crippen molar-refractivity contribution in [2.75, 3.05) is 26.2 Å². The summed E-state index contributed by atoms with van der Waals surface area (Å²) in [6, 6.07) is 0.687. The Kier molecular flexibility index (Phi) is 6.25. The van der Waals surface area contributed by atoms with Gasteiger partial charge in [0.25, 0.3) is 0 Å². The van der Waals surface area contributed by atoms with E-state index in [1.165, 1.54) is 0 Å². The Bertz CT molecular complexity index is 136. The van der Waals surface area contributed by atoms with Gasteiger partial charge in [0.15, 0.2) is 0 Å². The highest BCUT2D eigenvalue weighted by molar-refractivity contribution is 5.85. The van der Waals surface area contributed by atoms with E-state index in [1.54, 1.807) is 0 Å². The van der Waals surface area contributed by atoms with Crippen LogP contribution in [0.5, 0.6) is 0 Å². The van der Waals surface area contributed by atoms with E-state index in [0.717, 1.165) is 39.0 Å². The summed E-state index contributed by atoms with van der Waals surface area (Å²) < 4.78 is 0. The van der Waals surface area contributed by atoms with Crippen molar-refractivity contribution in [3.8, 4) is 0 Å². The number of hydrogen-bond acceptors (Lipinski definition) is 3. The van der Waals surface area contributed by atoms with Crippen LogP contribution in [0.4, 0.5) is 0 Å². The lowest BCUT2D eigenvalue weighted by atomic mass is 9.88. The van der Waals surface area contributed by atoms with Crippen molar-refractivity contribution in [2.45, 2.75) is 25.0 Å². The molecule has 0 spiro atoms. The number of rotatable bonds is 1. The molecule has 5 heteroatoms. The summed E-state index contributed by atoms with van der Waals surface area (Å²) >= 11 is 0. The second kappa shape index (κ2) is 6.04. The Labute approximate surface area is 91.7 Å². The molecule has 2 fully saturated rings. The Morgan fingerprint density at radius 1 is 1.08 bits per heavy atom. The summed E-state index contributed by atoms with van der Waals surface area (Å²) in [7, 11) is 0. The Morgan fingerprint density at radius 2 is 1.62 bits per heavy atom. The quantitative estimate of drug-likeness (QED) is 0.677. The molecular formula is C8H18Cl2N2O. The largest absolute Gasteiger partial charge is 0.393 e. The number of piperazine rings is 1. The fraction of sp³-hybridized carbons (Fsp3) is 1.00. The third kappa shape index (κ3) is 3.26. The maximum absolute atomic E-state index is 9.11. The fourth-order valence-electron chi connectivity index (χ4n) is 1.90. The van der Waals surface area contributed by atoms with E-state index < -0.39 is 0 Å². The number of hydrogen-bond donors (Lipinski definition) is 2. The molecule has 0 amide bonds. The highest BCUT2D eigenvalue weighted by Gasteiger charge is 2.32. The monoisotopic (exact) mass is 228 g/mol. The predicted molar refractivity (Wildman–Crippen MR) is 58.0 cm³/mol. The van der Waals surface area contributed by atoms with Crippen LogP contribution in [0.1, 0.15) is 12.8 Å². The molecule has 1 saturated heterocycles. The van der Waals surface area contributed by atoms with E-state index >= 15 is 0 Å². The first-order valence-electron chi connectivity index (χ1n) is 4.49. The van der Waals surface area contributed by atoms with Gasteiger partial charge in [-0.3, -0.25) is 4.90 Å². The van der Waals surface area contributed by atoms with Crippen molar-refractivity contribution in [1.29, 1.82) is 0 Å². The third-order valence-corrected chi connectivity index (χ3v) is 2.76. The summed E-state index contributed by atoms with van der Waals surface area (Å²) in [5.41, 5.74) is 0. The van der Waals surface area contributed by atoms with Gasteiger partial charge in [0.05, 0.1) is 6.10 Å². The molecule has 13 heavy (non-hydrogen) atoms. The molecule has 3 nitrogen and oxygen atoms in total. The molecule has 2 aliphatic rings.